The van der Waals surface area contributed by atoms with Crippen molar-refractivity contribution in [1.29, 1.82) is 0 Å². The summed E-state index contributed by atoms with van der Waals surface area (Å²) in [5, 5.41) is 3.04. The number of fused-ring (bicyclic) bond motifs is 1. The van der Waals surface area contributed by atoms with Crippen molar-refractivity contribution < 1.29 is 4.79 Å². The number of pyridine rings is 1. The SMILES string of the molecule is CCCCCCCn1c(C(C)NC(=O)c2ccccn2)nc2ccccc21. The van der Waals surface area contributed by atoms with Gasteiger partial charge in [0.25, 0.3) is 5.91 Å². The van der Waals surface area contributed by atoms with Crippen molar-refractivity contribution in [3.8, 4) is 0 Å². The normalized spacial score (nSPS) is 12.2. The van der Waals surface area contributed by atoms with E-state index >= 15 is 0 Å². The first-order valence-corrected chi connectivity index (χ1v) is 9.87. The van der Waals surface area contributed by atoms with E-state index in [1.165, 1.54) is 25.7 Å². The number of nitrogens with zero attached hydrogens (tertiary/aromatic N) is 3. The number of amides is 1. The quantitative estimate of drug-likeness (QED) is 0.550. The van der Waals surface area contributed by atoms with Crippen molar-refractivity contribution in [3.63, 3.8) is 0 Å². The van der Waals surface area contributed by atoms with Crippen LogP contribution in [0, 0.1) is 0 Å². The molecule has 0 saturated heterocycles. The van der Waals surface area contributed by atoms with Gasteiger partial charge in [-0.05, 0) is 37.6 Å². The van der Waals surface area contributed by atoms with Crippen LogP contribution in [0.5, 0.6) is 0 Å². The number of benzene rings is 1. The fraction of sp³-hybridized carbons (Fsp3) is 0.409. The zero-order valence-electron chi connectivity index (χ0n) is 16.2. The molecule has 0 aliphatic heterocycles. The second kappa shape index (κ2) is 9.31. The summed E-state index contributed by atoms with van der Waals surface area (Å²) in [4.78, 5) is 21.4. The Balaban J connectivity index is 1.77. The third kappa shape index (κ3) is 4.73. The van der Waals surface area contributed by atoms with Crippen molar-refractivity contribution in [1.82, 2.24) is 19.9 Å². The number of carbonyl (C=O) groups is 1. The molecule has 1 amide bonds. The van der Waals surface area contributed by atoms with Gasteiger partial charge in [-0.25, -0.2) is 4.98 Å². The second-order valence-corrected chi connectivity index (χ2v) is 6.93. The molecule has 0 radical (unpaired) electrons. The molecule has 0 bridgehead atoms. The van der Waals surface area contributed by atoms with Crippen LogP contribution < -0.4 is 5.32 Å². The smallest absolute Gasteiger partial charge is 0.270 e. The number of imidazole rings is 1. The van der Waals surface area contributed by atoms with Gasteiger partial charge in [0.15, 0.2) is 0 Å². The lowest BCUT2D eigenvalue weighted by Gasteiger charge is -2.16. The van der Waals surface area contributed by atoms with Crippen LogP contribution in [-0.2, 0) is 6.54 Å². The molecule has 0 fully saturated rings. The lowest BCUT2D eigenvalue weighted by atomic mass is 10.1. The minimum Gasteiger partial charge on any atom is -0.341 e. The topological polar surface area (TPSA) is 59.8 Å². The van der Waals surface area contributed by atoms with Gasteiger partial charge in [0.05, 0.1) is 17.1 Å². The van der Waals surface area contributed by atoms with Crippen molar-refractivity contribution >= 4 is 16.9 Å². The Morgan fingerprint density at radius 1 is 1.07 bits per heavy atom. The monoisotopic (exact) mass is 364 g/mol. The van der Waals surface area contributed by atoms with E-state index < -0.39 is 0 Å². The molecule has 27 heavy (non-hydrogen) atoms. The highest BCUT2D eigenvalue weighted by Crippen LogP contribution is 2.22. The number of hydrogen-bond acceptors (Lipinski definition) is 3. The maximum Gasteiger partial charge on any atom is 0.270 e. The van der Waals surface area contributed by atoms with Crippen molar-refractivity contribution in [3.05, 3.63) is 60.2 Å². The van der Waals surface area contributed by atoms with Crippen molar-refractivity contribution in [2.24, 2.45) is 0 Å². The summed E-state index contributed by atoms with van der Waals surface area (Å²) in [5.41, 5.74) is 2.52. The molecule has 1 aromatic carbocycles. The van der Waals surface area contributed by atoms with Gasteiger partial charge in [-0.2, -0.15) is 0 Å². The van der Waals surface area contributed by atoms with Gasteiger partial charge in [-0.3, -0.25) is 9.78 Å². The third-order valence-electron chi connectivity index (χ3n) is 4.80. The Kier molecular flexibility index (Phi) is 6.58. The lowest BCUT2D eigenvalue weighted by molar-refractivity contribution is 0.0932. The standard InChI is InChI=1S/C22H28N4O/c1-3-4-5-6-11-16-26-20-14-8-7-12-18(20)25-21(26)17(2)24-22(27)19-13-9-10-15-23-19/h7-10,12-15,17H,3-6,11,16H2,1-2H3,(H,24,27). The van der Waals surface area contributed by atoms with E-state index in [4.69, 9.17) is 4.98 Å². The van der Waals surface area contributed by atoms with E-state index in [0.717, 1.165) is 29.8 Å². The molecular formula is C22H28N4O. The summed E-state index contributed by atoms with van der Waals surface area (Å²) in [5.74, 6) is 0.723. The van der Waals surface area contributed by atoms with Crippen molar-refractivity contribution in [2.45, 2.75) is 58.5 Å². The summed E-state index contributed by atoms with van der Waals surface area (Å²) in [6.07, 6.45) is 7.77. The maximum absolute atomic E-state index is 12.5. The number of unbranched alkanes of at least 4 members (excludes halogenated alkanes) is 4. The van der Waals surface area contributed by atoms with E-state index in [1.807, 2.05) is 31.2 Å². The molecule has 3 aromatic rings. The van der Waals surface area contributed by atoms with Crippen molar-refractivity contribution in [2.75, 3.05) is 0 Å². The fourth-order valence-corrected chi connectivity index (χ4v) is 3.37. The van der Waals surface area contributed by atoms with Crippen LogP contribution in [0.15, 0.2) is 48.7 Å². The number of aryl methyl sites for hydroxylation is 1. The van der Waals surface area contributed by atoms with E-state index in [2.05, 4.69) is 27.9 Å². The van der Waals surface area contributed by atoms with Gasteiger partial charge in [0.2, 0.25) is 0 Å². The Hall–Kier alpha value is -2.69. The predicted octanol–water partition coefficient (Wildman–Crippen LogP) is 4.89. The van der Waals surface area contributed by atoms with Gasteiger partial charge in [0, 0.05) is 12.7 Å². The zero-order valence-corrected chi connectivity index (χ0v) is 16.2. The molecular weight excluding hydrogens is 336 g/mol. The summed E-state index contributed by atoms with van der Waals surface area (Å²) in [7, 11) is 0. The summed E-state index contributed by atoms with van der Waals surface area (Å²) in [6, 6.07) is 13.3. The predicted molar refractivity (Wildman–Crippen MR) is 109 cm³/mol. The molecule has 0 saturated carbocycles. The molecule has 2 aromatic heterocycles. The molecule has 1 atom stereocenters. The first-order valence-electron chi connectivity index (χ1n) is 9.87. The first-order chi connectivity index (χ1) is 13.2. The summed E-state index contributed by atoms with van der Waals surface area (Å²) >= 11 is 0. The highest BCUT2D eigenvalue weighted by molar-refractivity contribution is 5.92. The van der Waals surface area contributed by atoms with Crippen LogP contribution in [0.3, 0.4) is 0 Å². The molecule has 0 aliphatic rings. The van der Waals surface area contributed by atoms with E-state index in [1.54, 1.807) is 18.3 Å². The van der Waals surface area contributed by atoms with Gasteiger partial charge in [0.1, 0.15) is 11.5 Å². The molecule has 1 unspecified atom stereocenters. The number of carbonyl (C=O) groups excluding carboxylic acids is 1. The van der Waals surface area contributed by atoms with E-state index in [0.29, 0.717) is 5.69 Å². The molecule has 5 nitrogen and oxygen atoms in total. The number of nitrogens with one attached hydrogen (secondary N) is 1. The molecule has 0 aliphatic carbocycles. The van der Waals surface area contributed by atoms with Crippen LogP contribution in [0.4, 0.5) is 0 Å². The Bertz CT molecular complexity index is 872. The first kappa shape index (κ1) is 19.1. The second-order valence-electron chi connectivity index (χ2n) is 6.93. The van der Waals surface area contributed by atoms with Gasteiger partial charge < -0.3 is 9.88 Å². The summed E-state index contributed by atoms with van der Waals surface area (Å²) in [6.45, 7) is 5.13. The fourth-order valence-electron chi connectivity index (χ4n) is 3.37. The zero-order chi connectivity index (χ0) is 19.1. The van der Waals surface area contributed by atoms with Crippen LogP contribution in [-0.4, -0.2) is 20.4 Å². The van der Waals surface area contributed by atoms with Gasteiger partial charge >= 0.3 is 0 Å². The molecule has 142 valence electrons. The molecule has 0 spiro atoms. The molecule has 3 rings (SSSR count). The average molecular weight is 364 g/mol. The lowest BCUT2D eigenvalue weighted by Crippen LogP contribution is -2.29. The number of aromatic nitrogens is 3. The van der Waals surface area contributed by atoms with Crippen LogP contribution in [0.2, 0.25) is 0 Å². The molecule has 5 heteroatoms. The molecule has 1 N–H and O–H groups in total. The van der Waals surface area contributed by atoms with Crippen LogP contribution in [0.1, 0.15) is 68.3 Å². The maximum atomic E-state index is 12.5. The summed E-state index contributed by atoms with van der Waals surface area (Å²) < 4.78 is 2.25. The third-order valence-corrected chi connectivity index (χ3v) is 4.80. The van der Waals surface area contributed by atoms with Gasteiger partial charge in [-0.15, -0.1) is 0 Å². The number of rotatable bonds is 9. The van der Waals surface area contributed by atoms with Gasteiger partial charge in [-0.1, -0.05) is 50.8 Å². The number of para-hydroxylation sites is 2. The highest BCUT2D eigenvalue weighted by atomic mass is 16.1. The average Bonchev–Trinajstić information content (AvgIpc) is 3.07. The van der Waals surface area contributed by atoms with Crippen LogP contribution in [0.25, 0.3) is 11.0 Å². The minimum absolute atomic E-state index is 0.176. The van der Waals surface area contributed by atoms with E-state index in [-0.39, 0.29) is 11.9 Å². The Labute approximate surface area is 160 Å². The number of hydrogen-bond donors (Lipinski definition) is 1. The Morgan fingerprint density at radius 2 is 1.85 bits per heavy atom. The largest absolute Gasteiger partial charge is 0.341 e. The molecule has 2 heterocycles. The highest BCUT2D eigenvalue weighted by Gasteiger charge is 2.19. The minimum atomic E-state index is -0.192. The Morgan fingerprint density at radius 3 is 2.63 bits per heavy atom. The van der Waals surface area contributed by atoms with E-state index in [9.17, 15) is 4.79 Å². The van der Waals surface area contributed by atoms with Crippen LogP contribution >= 0.6 is 0 Å².